The van der Waals surface area contributed by atoms with Crippen LogP contribution >= 0.6 is 0 Å². The van der Waals surface area contributed by atoms with Crippen molar-refractivity contribution in [2.45, 2.75) is 39.5 Å². The van der Waals surface area contributed by atoms with Gasteiger partial charge in [-0.05, 0) is 52.5 Å². The van der Waals surface area contributed by atoms with Crippen molar-refractivity contribution in [3.8, 4) is 0 Å². The maximum absolute atomic E-state index is 4.76. The standard InChI is InChI=1S/C15H28N4/c1-6-13-12(8-10-16-3)14(7-2)18-15(17-13)9-11-19(4)5/h16H,6-11H2,1-5H3. The molecule has 0 unspecified atom stereocenters. The molecule has 4 heteroatoms. The average Bonchev–Trinajstić information content (AvgIpc) is 2.42. The van der Waals surface area contributed by atoms with Crippen molar-refractivity contribution in [1.82, 2.24) is 20.2 Å². The van der Waals surface area contributed by atoms with Gasteiger partial charge >= 0.3 is 0 Å². The van der Waals surface area contributed by atoms with Crippen LogP contribution in [-0.4, -0.2) is 49.1 Å². The predicted octanol–water partition coefficient (Wildman–Crippen LogP) is 1.47. The molecule has 19 heavy (non-hydrogen) atoms. The molecule has 0 spiro atoms. The first-order valence-corrected chi connectivity index (χ1v) is 7.29. The van der Waals surface area contributed by atoms with E-state index in [1.165, 1.54) is 17.0 Å². The third-order valence-corrected chi connectivity index (χ3v) is 3.30. The Morgan fingerprint density at radius 1 is 1.00 bits per heavy atom. The van der Waals surface area contributed by atoms with Gasteiger partial charge in [0.05, 0.1) is 0 Å². The van der Waals surface area contributed by atoms with E-state index in [2.05, 4.69) is 38.2 Å². The lowest BCUT2D eigenvalue weighted by molar-refractivity contribution is 0.409. The van der Waals surface area contributed by atoms with Crippen LogP contribution in [0.1, 0.15) is 36.6 Å². The highest BCUT2D eigenvalue weighted by Crippen LogP contribution is 2.14. The molecular formula is C15H28N4. The van der Waals surface area contributed by atoms with Crippen molar-refractivity contribution in [2.75, 3.05) is 34.2 Å². The van der Waals surface area contributed by atoms with Crippen LogP contribution in [0.25, 0.3) is 0 Å². The van der Waals surface area contributed by atoms with E-state index in [-0.39, 0.29) is 0 Å². The van der Waals surface area contributed by atoms with Gasteiger partial charge in [0.1, 0.15) is 5.82 Å². The van der Waals surface area contributed by atoms with E-state index >= 15 is 0 Å². The average molecular weight is 264 g/mol. The molecule has 0 atom stereocenters. The number of aromatic nitrogens is 2. The van der Waals surface area contributed by atoms with Crippen LogP contribution in [0.3, 0.4) is 0 Å². The monoisotopic (exact) mass is 264 g/mol. The maximum Gasteiger partial charge on any atom is 0.130 e. The fourth-order valence-electron chi connectivity index (χ4n) is 2.20. The molecule has 0 aliphatic rings. The fraction of sp³-hybridized carbons (Fsp3) is 0.733. The molecule has 0 amide bonds. The summed E-state index contributed by atoms with van der Waals surface area (Å²) < 4.78 is 0. The Bertz CT molecular complexity index is 363. The van der Waals surface area contributed by atoms with Gasteiger partial charge in [0.2, 0.25) is 0 Å². The summed E-state index contributed by atoms with van der Waals surface area (Å²) in [5.74, 6) is 0.996. The molecular weight excluding hydrogens is 236 g/mol. The lowest BCUT2D eigenvalue weighted by Gasteiger charge is -2.15. The van der Waals surface area contributed by atoms with Gasteiger partial charge in [-0.15, -0.1) is 0 Å². The minimum Gasteiger partial charge on any atom is -0.319 e. The summed E-state index contributed by atoms with van der Waals surface area (Å²) >= 11 is 0. The Balaban J connectivity index is 2.98. The summed E-state index contributed by atoms with van der Waals surface area (Å²) in [6.07, 6.45) is 3.93. The number of hydrogen-bond acceptors (Lipinski definition) is 4. The summed E-state index contributed by atoms with van der Waals surface area (Å²) in [6.45, 7) is 6.35. The van der Waals surface area contributed by atoms with E-state index in [1.54, 1.807) is 0 Å². The van der Waals surface area contributed by atoms with Crippen LogP contribution in [0.2, 0.25) is 0 Å². The first-order chi connectivity index (χ1) is 9.12. The quantitative estimate of drug-likeness (QED) is 0.772. The minimum atomic E-state index is 0.930. The smallest absolute Gasteiger partial charge is 0.130 e. The molecule has 1 heterocycles. The third-order valence-electron chi connectivity index (χ3n) is 3.30. The summed E-state index contributed by atoms with van der Waals surface area (Å²) in [6, 6.07) is 0. The van der Waals surface area contributed by atoms with Crippen LogP contribution in [0.5, 0.6) is 0 Å². The second-order valence-corrected chi connectivity index (χ2v) is 5.13. The molecule has 0 fully saturated rings. The normalized spacial score (nSPS) is 11.3. The molecule has 0 saturated carbocycles. The summed E-state index contributed by atoms with van der Waals surface area (Å²) in [5, 5.41) is 3.21. The van der Waals surface area contributed by atoms with Crippen LogP contribution < -0.4 is 5.32 Å². The molecule has 0 saturated heterocycles. The number of aryl methyl sites for hydroxylation is 2. The molecule has 4 nitrogen and oxygen atoms in total. The van der Waals surface area contributed by atoms with Gasteiger partial charge in [0, 0.05) is 24.4 Å². The molecule has 1 rings (SSSR count). The number of likely N-dealkylation sites (N-methyl/N-ethyl adjacent to an activating group) is 2. The summed E-state index contributed by atoms with van der Waals surface area (Å²) in [4.78, 5) is 11.7. The topological polar surface area (TPSA) is 41.1 Å². The molecule has 0 aromatic carbocycles. The zero-order chi connectivity index (χ0) is 14.3. The van der Waals surface area contributed by atoms with E-state index in [0.29, 0.717) is 0 Å². The number of hydrogen-bond donors (Lipinski definition) is 1. The highest BCUT2D eigenvalue weighted by Gasteiger charge is 2.12. The molecule has 0 bridgehead atoms. The molecule has 0 aliphatic heterocycles. The number of nitrogens with one attached hydrogen (secondary N) is 1. The minimum absolute atomic E-state index is 0.930. The van der Waals surface area contributed by atoms with Crippen molar-refractivity contribution < 1.29 is 0 Å². The largest absolute Gasteiger partial charge is 0.319 e. The van der Waals surface area contributed by atoms with E-state index in [4.69, 9.17) is 9.97 Å². The number of nitrogens with zero attached hydrogens (tertiary/aromatic N) is 3. The zero-order valence-corrected chi connectivity index (χ0v) is 13.1. The number of rotatable bonds is 8. The van der Waals surface area contributed by atoms with Gasteiger partial charge in [-0.1, -0.05) is 13.8 Å². The summed E-state index contributed by atoms with van der Waals surface area (Å²) in [5.41, 5.74) is 3.82. The lowest BCUT2D eigenvalue weighted by atomic mass is 10.0. The second-order valence-electron chi connectivity index (χ2n) is 5.13. The highest BCUT2D eigenvalue weighted by atomic mass is 15.1. The van der Waals surface area contributed by atoms with Crippen LogP contribution in [0, 0.1) is 0 Å². The fourth-order valence-corrected chi connectivity index (χ4v) is 2.20. The summed E-state index contributed by atoms with van der Waals surface area (Å²) in [7, 11) is 6.16. The Morgan fingerprint density at radius 3 is 2.00 bits per heavy atom. The molecule has 0 radical (unpaired) electrons. The molecule has 1 N–H and O–H groups in total. The van der Waals surface area contributed by atoms with Crippen molar-refractivity contribution in [3.05, 3.63) is 22.8 Å². The lowest BCUT2D eigenvalue weighted by Crippen LogP contribution is -2.19. The molecule has 0 aliphatic carbocycles. The van der Waals surface area contributed by atoms with Crippen LogP contribution in [0.4, 0.5) is 0 Å². The van der Waals surface area contributed by atoms with E-state index in [1.807, 2.05) is 7.05 Å². The highest BCUT2D eigenvalue weighted by molar-refractivity contribution is 5.27. The third kappa shape index (κ3) is 4.88. The van der Waals surface area contributed by atoms with Gasteiger partial charge in [-0.3, -0.25) is 0 Å². The van der Waals surface area contributed by atoms with Gasteiger partial charge in [-0.25, -0.2) is 9.97 Å². The van der Waals surface area contributed by atoms with E-state index < -0.39 is 0 Å². The van der Waals surface area contributed by atoms with Crippen molar-refractivity contribution in [2.24, 2.45) is 0 Å². The molecule has 108 valence electrons. The van der Waals surface area contributed by atoms with Gasteiger partial charge < -0.3 is 10.2 Å². The molecule has 1 aromatic rings. The zero-order valence-electron chi connectivity index (χ0n) is 13.1. The van der Waals surface area contributed by atoms with E-state index in [0.717, 1.165) is 44.6 Å². The molecule has 1 aromatic heterocycles. The Hall–Kier alpha value is -1.00. The second kappa shape index (κ2) is 8.23. The van der Waals surface area contributed by atoms with Gasteiger partial charge in [-0.2, -0.15) is 0 Å². The van der Waals surface area contributed by atoms with E-state index in [9.17, 15) is 0 Å². The Morgan fingerprint density at radius 2 is 1.58 bits per heavy atom. The maximum atomic E-state index is 4.76. The van der Waals surface area contributed by atoms with Crippen LogP contribution in [-0.2, 0) is 25.7 Å². The van der Waals surface area contributed by atoms with Gasteiger partial charge in [0.15, 0.2) is 0 Å². The SMILES string of the molecule is CCc1nc(CCN(C)C)nc(CC)c1CCNC. The Kier molecular flexibility index (Phi) is 6.95. The first kappa shape index (κ1) is 16.1. The van der Waals surface area contributed by atoms with Crippen molar-refractivity contribution >= 4 is 0 Å². The van der Waals surface area contributed by atoms with Crippen LogP contribution in [0.15, 0.2) is 0 Å². The van der Waals surface area contributed by atoms with Crippen molar-refractivity contribution in [1.29, 1.82) is 0 Å². The predicted molar refractivity (Wildman–Crippen MR) is 80.7 cm³/mol. The first-order valence-electron chi connectivity index (χ1n) is 7.29. The van der Waals surface area contributed by atoms with Gasteiger partial charge in [0.25, 0.3) is 0 Å². The van der Waals surface area contributed by atoms with Crippen molar-refractivity contribution in [3.63, 3.8) is 0 Å². The Labute approximate surface area is 117 Å².